The van der Waals surface area contributed by atoms with Gasteiger partial charge in [0.2, 0.25) is 5.91 Å². The molecule has 1 fully saturated rings. The van der Waals surface area contributed by atoms with E-state index < -0.39 is 0 Å². The van der Waals surface area contributed by atoms with E-state index in [4.69, 9.17) is 0 Å². The summed E-state index contributed by atoms with van der Waals surface area (Å²) in [5, 5.41) is 7.85. The van der Waals surface area contributed by atoms with Crippen molar-refractivity contribution in [2.24, 2.45) is 0 Å². The minimum Gasteiger partial charge on any atom is -0.340 e. The highest BCUT2D eigenvalue weighted by atomic mass is 16.2. The Morgan fingerprint density at radius 2 is 2.15 bits per heavy atom. The predicted molar refractivity (Wildman–Crippen MR) is 105 cm³/mol. The Labute approximate surface area is 161 Å². The van der Waals surface area contributed by atoms with Crippen molar-refractivity contribution in [1.29, 1.82) is 0 Å². The fourth-order valence-electron chi connectivity index (χ4n) is 4.25. The second-order valence-electron chi connectivity index (χ2n) is 7.98. The minimum atomic E-state index is 0.0985. The molecule has 6 nitrogen and oxygen atoms in total. The van der Waals surface area contributed by atoms with Gasteiger partial charge in [-0.3, -0.25) is 14.4 Å². The van der Waals surface area contributed by atoms with Gasteiger partial charge in [0, 0.05) is 51.0 Å². The van der Waals surface area contributed by atoms with Gasteiger partial charge in [0.15, 0.2) is 0 Å². The molecule has 0 aliphatic carbocycles. The van der Waals surface area contributed by atoms with E-state index >= 15 is 0 Å². The smallest absolute Gasteiger partial charge is 0.244 e. The van der Waals surface area contributed by atoms with Crippen molar-refractivity contribution < 1.29 is 4.79 Å². The molecule has 1 aromatic carbocycles. The van der Waals surface area contributed by atoms with Crippen molar-refractivity contribution in [1.82, 2.24) is 24.9 Å². The maximum atomic E-state index is 12.8. The number of carbonyl (C=O) groups is 1. The Bertz CT molecular complexity index is 809. The zero-order valence-electron chi connectivity index (χ0n) is 16.3. The second kappa shape index (κ2) is 7.82. The zero-order valence-corrected chi connectivity index (χ0v) is 16.3. The molecule has 0 radical (unpaired) electrons. The second-order valence-corrected chi connectivity index (χ2v) is 7.98. The first-order chi connectivity index (χ1) is 13.1. The third-order valence-corrected chi connectivity index (χ3v) is 5.75. The lowest BCUT2D eigenvalue weighted by atomic mass is 9.96. The first kappa shape index (κ1) is 18.2. The van der Waals surface area contributed by atoms with Gasteiger partial charge in [0.1, 0.15) is 6.54 Å². The predicted octanol–water partition coefficient (Wildman–Crippen LogP) is 1.95. The molecule has 1 amide bonds. The van der Waals surface area contributed by atoms with Gasteiger partial charge in [0.05, 0.1) is 0 Å². The van der Waals surface area contributed by atoms with Gasteiger partial charge in [-0.15, -0.1) is 0 Å². The average molecular weight is 367 g/mol. The molecule has 144 valence electrons. The standard InChI is InChI=1S/C21H29N5O/c1-24-13-18-6-5-16(10-19(18)14-24)12-25(2)21(27)15-26-20(7-9-23-26)17-4-3-8-22-11-17/h5-7,9-10,17,22H,3-4,8,11-15H2,1-2H3/t17-/m1/s1. The highest BCUT2D eigenvalue weighted by Gasteiger charge is 2.21. The van der Waals surface area contributed by atoms with E-state index in [1.807, 2.05) is 22.8 Å². The van der Waals surface area contributed by atoms with Crippen LogP contribution in [0.1, 0.15) is 41.1 Å². The molecule has 4 rings (SSSR count). The minimum absolute atomic E-state index is 0.0985. The molecule has 3 heterocycles. The number of likely N-dealkylation sites (N-methyl/N-ethyl adjacent to an activating group) is 1. The molecule has 0 saturated carbocycles. The number of fused-ring (bicyclic) bond motifs is 1. The first-order valence-corrected chi connectivity index (χ1v) is 9.86. The lowest BCUT2D eigenvalue weighted by Crippen LogP contribution is -2.33. The van der Waals surface area contributed by atoms with E-state index in [0.717, 1.165) is 32.6 Å². The summed E-state index contributed by atoms with van der Waals surface area (Å²) in [4.78, 5) is 16.9. The SMILES string of the molecule is CN1Cc2ccc(CN(C)C(=O)Cn3nccc3[C@@H]3CCCNC3)cc2C1. The molecule has 0 unspecified atom stereocenters. The maximum Gasteiger partial charge on any atom is 0.244 e. The highest BCUT2D eigenvalue weighted by molar-refractivity contribution is 5.75. The van der Waals surface area contributed by atoms with E-state index in [2.05, 4.69) is 46.6 Å². The van der Waals surface area contributed by atoms with Crippen molar-refractivity contribution in [3.8, 4) is 0 Å². The van der Waals surface area contributed by atoms with Crippen LogP contribution in [0.4, 0.5) is 0 Å². The van der Waals surface area contributed by atoms with Gasteiger partial charge in [-0.05, 0) is 49.2 Å². The van der Waals surface area contributed by atoms with E-state index in [1.165, 1.54) is 28.8 Å². The normalized spacial score (nSPS) is 19.9. The molecule has 1 atom stereocenters. The molecule has 27 heavy (non-hydrogen) atoms. The van der Waals surface area contributed by atoms with Gasteiger partial charge in [-0.1, -0.05) is 18.2 Å². The average Bonchev–Trinajstić information content (AvgIpc) is 3.27. The number of nitrogens with one attached hydrogen (secondary N) is 1. The Hall–Kier alpha value is -2.18. The number of nitrogens with zero attached hydrogens (tertiary/aromatic N) is 4. The summed E-state index contributed by atoms with van der Waals surface area (Å²) in [5.74, 6) is 0.550. The van der Waals surface area contributed by atoms with Crippen molar-refractivity contribution in [2.45, 2.75) is 44.9 Å². The molecule has 2 aliphatic heterocycles. The van der Waals surface area contributed by atoms with Crippen LogP contribution < -0.4 is 5.32 Å². The molecule has 0 bridgehead atoms. The third-order valence-electron chi connectivity index (χ3n) is 5.75. The van der Waals surface area contributed by atoms with Crippen LogP contribution in [0.25, 0.3) is 0 Å². The molecule has 6 heteroatoms. The summed E-state index contributed by atoms with van der Waals surface area (Å²) < 4.78 is 1.88. The molecule has 1 saturated heterocycles. The van der Waals surface area contributed by atoms with Gasteiger partial charge in [-0.2, -0.15) is 5.10 Å². The quantitative estimate of drug-likeness (QED) is 0.878. The summed E-state index contributed by atoms with van der Waals surface area (Å²) in [6.07, 6.45) is 4.15. The van der Waals surface area contributed by atoms with Crippen LogP contribution in [0, 0.1) is 0 Å². The summed E-state index contributed by atoms with van der Waals surface area (Å²) >= 11 is 0. The van der Waals surface area contributed by atoms with Crippen LogP contribution in [0.15, 0.2) is 30.5 Å². The van der Waals surface area contributed by atoms with E-state index in [0.29, 0.717) is 19.0 Å². The molecule has 2 aromatic rings. The molecular weight excluding hydrogens is 338 g/mol. The summed E-state index contributed by atoms with van der Waals surface area (Å²) in [7, 11) is 4.02. The molecule has 0 spiro atoms. The van der Waals surface area contributed by atoms with E-state index in [9.17, 15) is 4.79 Å². The van der Waals surface area contributed by atoms with Crippen LogP contribution in [0.5, 0.6) is 0 Å². The summed E-state index contributed by atoms with van der Waals surface area (Å²) in [6.45, 7) is 5.01. The zero-order chi connectivity index (χ0) is 18.8. The molecule has 1 aromatic heterocycles. The lowest BCUT2D eigenvalue weighted by molar-refractivity contribution is -0.131. The Morgan fingerprint density at radius 3 is 2.96 bits per heavy atom. The van der Waals surface area contributed by atoms with Gasteiger partial charge >= 0.3 is 0 Å². The Kier molecular flexibility index (Phi) is 5.27. The van der Waals surface area contributed by atoms with Crippen molar-refractivity contribution >= 4 is 5.91 Å². The molecule has 2 aliphatic rings. The monoisotopic (exact) mass is 367 g/mol. The molecular formula is C21H29N5O. The van der Waals surface area contributed by atoms with Crippen LogP contribution >= 0.6 is 0 Å². The van der Waals surface area contributed by atoms with Crippen LogP contribution in [-0.2, 0) is 31.0 Å². The number of hydrogen-bond acceptors (Lipinski definition) is 4. The van der Waals surface area contributed by atoms with Gasteiger partial charge < -0.3 is 10.2 Å². The number of amides is 1. The van der Waals surface area contributed by atoms with Crippen molar-refractivity contribution in [2.75, 3.05) is 27.2 Å². The summed E-state index contributed by atoms with van der Waals surface area (Å²) in [6, 6.07) is 8.65. The Morgan fingerprint density at radius 1 is 1.30 bits per heavy atom. The van der Waals surface area contributed by atoms with Crippen LogP contribution in [0.3, 0.4) is 0 Å². The highest BCUT2D eigenvalue weighted by Crippen LogP contribution is 2.24. The van der Waals surface area contributed by atoms with E-state index in [1.54, 1.807) is 0 Å². The van der Waals surface area contributed by atoms with Crippen molar-refractivity contribution in [3.05, 3.63) is 52.8 Å². The number of hydrogen-bond donors (Lipinski definition) is 1. The Balaban J connectivity index is 1.39. The topological polar surface area (TPSA) is 53.4 Å². The number of aromatic nitrogens is 2. The van der Waals surface area contributed by atoms with Crippen molar-refractivity contribution in [3.63, 3.8) is 0 Å². The largest absolute Gasteiger partial charge is 0.340 e. The number of rotatable bonds is 5. The fourth-order valence-corrected chi connectivity index (χ4v) is 4.25. The number of benzene rings is 1. The van der Waals surface area contributed by atoms with Crippen LogP contribution in [0.2, 0.25) is 0 Å². The first-order valence-electron chi connectivity index (χ1n) is 9.86. The third kappa shape index (κ3) is 4.06. The van der Waals surface area contributed by atoms with Gasteiger partial charge in [-0.25, -0.2) is 0 Å². The van der Waals surface area contributed by atoms with E-state index in [-0.39, 0.29) is 5.91 Å². The van der Waals surface area contributed by atoms with Gasteiger partial charge in [0.25, 0.3) is 0 Å². The maximum absolute atomic E-state index is 12.8. The summed E-state index contributed by atoms with van der Waals surface area (Å²) in [5.41, 5.74) is 5.15. The number of piperidine rings is 1. The molecule has 1 N–H and O–H groups in total. The number of carbonyl (C=O) groups excluding carboxylic acids is 1. The fraction of sp³-hybridized carbons (Fsp3) is 0.524. The lowest BCUT2D eigenvalue weighted by Gasteiger charge is -2.24. The van der Waals surface area contributed by atoms with Crippen LogP contribution in [-0.4, -0.2) is 52.7 Å².